The smallest absolute Gasteiger partial charge is 0.0783 e. The van der Waals surface area contributed by atoms with Crippen molar-refractivity contribution in [3.05, 3.63) is 72.9 Å². The maximum Gasteiger partial charge on any atom is 0.0783 e. The van der Waals surface area contributed by atoms with E-state index >= 15 is 0 Å². The predicted octanol–water partition coefficient (Wildman–Crippen LogP) is 4.76. The Morgan fingerprint density at radius 3 is 2.35 bits per heavy atom. The maximum absolute atomic E-state index is 4.43. The molecular weight excluding hydrogens is 475 g/mol. The van der Waals surface area contributed by atoms with Crippen LogP contribution in [0.4, 0.5) is 0 Å². The van der Waals surface area contributed by atoms with Gasteiger partial charge in [0.25, 0.3) is 0 Å². The molecule has 119 valence electrons. The third kappa shape index (κ3) is 4.05. The molecule has 3 rings (SSSR count). The Labute approximate surface area is 153 Å². The molecule has 0 aliphatic heterocycles. The summed E-state index contributed by atoms with van der Waals surface area (Å²) in [6, 6.07) is 24.4. The van der Waals surface area contributed by atoms with Crippen molar-refractivity contribution < 1.29 is 20.1 Å². The van der Waals surface area contributed by atoms with Gasteiger partial charge in [-0.1, -0.05) is 61.2 Å². The van der Waals surface area contributed by atoms with Crippen molar-refractivity contribution >= 4 is 13.3 Å². The van der Waals surface area contributed by atoms with E-state index in [4.69, 9.17) is 0 Å². The van der Waals surface area contributed by atoms with E-state index in [0.29, 0.717) is 0 Å². The van der Waals surface area contributed by atoms with Crippen LogP contribution in [0.1, 0.15) is 0 Å². The molecule has 1 heterocycles. The summed E-state index contributed by atoms with van der Waals surface area (Å²) in [7, 11) is -1.38. The summed E-state index contributed by atoms with van der Waals surface area (Å²) >= 11 is 0. The minimum Gasteiger partial charge on any atom is -0.305 e. The SMILES string of the molecule is C[Si](C)(C)c1ccccc1-c1cc[c-]c(-c2ccccn2)c1.[Ir]. The second kappa shape index (κ2) is 7.35. The van der Waals surface area contributed by atoms with Gasteiger partial charge in [0.1, 0.15) is 0 Å². The second-order valence-corrected chi connectivity index (χ2v) is 11.5. The van der Waals surface area contributed by atoms with Gasteiger partial charge in [-0.2, -0.15) is 0 Å². The van der Waals surface area contributed by atoms with Crippen LogP contribution in [0.2, 0.25) is 19.6 Å². The fraction of sp³-hybridized carbons (Fsp3) is 0.150. The van der Waals surface area contributed by atoms with Crippen LogP contribution in [0, 0.1) is 6.07 Å². The van der Waals surface area contributed by atoms with Crippen LogP contribution in [0.15, 0.2) is 66.9 Å². The predicted molar refractivity (Wildman–Crippen MR) is 96.9 cm³/mol. The molecule has 3 aromatic rings. The van der Waals surface area contributed by atoms with E-state index in [1.165, 1.54) is 16.3 Å². The molecule has 0 N–H and O–H groups in total. The number of benzene rings is 2. The Bertz CT molecular complexity index is 779. The number of nitrogens with zero attached hydrogens (tertiary/aromatic N) is 1. The monoisotopic (exact) mass is 495 g/mol. The number of pyridine rings is 1. The number of hydrogen-bond donors (Lipinski definition) is 0. The van der Waals surface area contributed by atoms with Crippen molar-refractivity contribution in [2.75, 3.05) is 0 Å². The average molecular weight is 495 g/mol. The van der Waals surface area contributed by atoms with Gasteiger partial charge in [-0.05, 0) is 17.3 Å². The molecule has 23 heavy (non-hydrogen) atoms. The van der Waals surface area contributed by atoms with Crippen molar-refractivity contribution in [2.45, 2.75) is 19.6 Å². The van der Waals surface area contributed by atoms with Crippen LogP contribution in [0.25, 0.3) is 22.4 Å². The van der Waals surface area contributed by atoms with E-state index in [1.807, 2.05) is 30.5 Å². The van der Waals surface area contributed by atoms with Crippen LogP contribution in [0.5, 0.6) is 0 Å². The fourth-order valence-electron chi connectivity index (χ4n) is 2.69. The van der Waals surface area contributed by atoms with Crippen LogP contribution in [-0.2, 0) is 20.1 Å². The molecule has 0 amide bonds. The third-order valence-corrected chi connectivity index (χ3v) is 5.84. The molecular formula is C20H20IrNSi-. The molecule has 1 aromatic heterocycles. The first-order valence-electron chi connectivity index (χ1n) is 7.59. The van der Waals surface area contributed by atoms with Crippen LogP contribution >= 0.6 is 0 Å². The van der Waals surface area contributed by atoms with Gasteiger partial charge in [0.2, 0.25) is 0 Å². The Hall–Kier alpha value is -1.54. The molecule has 0 bridgehead atoms. The zero-order chi connectivity index (χ0) is 15.6. The van der Waals surface area contributed by atoms with E-state index in [1.54, 1.807) is 0 Å². The Morgan fingerprint density at radius 1 is 0.913 bits per heavy atom. The largest absolute Gasteiger partial charge is 0.305 e. The van der Waals surface area contributed by atoms with Crippen molar-refractivity contribution in [3.63, 3.8) is 0 Å². The molecule has 0 spiro atoms. The Balaban J connectivity index is 0.00000192. The summed E-state index contributed by atoms with van der Waals surface area (Å²) in [6.07, 6.45) is 1.83. The van der Waals surface area contributed by atoms with E-state index in [0.717, 1.165) is 11.3 Å². The van der Waals surface area contributed by atoms with Crippen molar-refractivity contribution in [3.8, 4) is 22.4 Å². The summed E-state index contributed by atoms with van der Waals surface area (Å²) < 4.78 is 0. The van der Waals surface area contributed by atoms with Gasteiger partial charge >= 0.3 is 0 Å². The topological polar surface area (TPSA) is 12.9 Å². The third-order valence-electron chi connectivity index (χ3n) is 3.79. The molecule has 0 unspecified atom stereocenters. The van der Waals surface area contributed by atoms with E-state index in [9.17, 15) is 0 Å². The van der Waals surface area contributed by atoms with Crippen molar-refractivity contribution in [1.29, 1.82) is 0 Å². The zero-order valence-electron chi connectivity index (χ0n) is 13.6. The summed E-state index contributed by atoms with van der Waals surface area (Å²) in [5.41, 5.74) is 4.60. The first-order valence-corrected chi connectivity index (χ1v) is 11.1. The molecule has 0 fully saturated rings. The van der Waals surface area contributed by atoms with Gasteiger partial charge in [-0.25, -0.2) is 0 Å². The van der Waals surface area contributed by atoms with Crippen LogP contribution in [0.3, 0.4) is 0 Å². The average Bonchev–Trinajstić information content (AvgIpc) is 2.55. The molecule has 0 aliphatic carbocycles. The zero-order valence-corrected chi connectivity index (χ0v) is 17.0. The molecule has 0 aliphatic rings. The second-order valence-electron chi connectivity index (χ2n) is 6.50. The number of rotatable bonds is 3. The minimum atomic E-state index is -1.38. The molecule has 0 saturated heterocycles. The van der Waals surface area contributed by atoms with Gasteiger partial charge in [0, 0.05) is 26.3 Å². The van der Waals surface area contributed by atoms with Gasteiger partial charge < -0.3 is 4.98 Å². The van der Waals surface area contributed by atoms with Crippen LogP contribution < -0.4 is 5.19 Å². The quantitative estimate of drug-likeness (QED) is 0.378. The summed E-state index contributed by atoms with van der Waals surface area (Å²) in [5.74, 6) is 0. The minimum absolute atomic E-state index is 0. The van der Waals surface area contributed by atoms with Gasteiger partial charge in [0.15, 0.2) is 0 Å². The first-order chi connectivity index (χ1) is 10.6. The number of aromatic nitrogens is 1. The van der Waals surface area contributed by atoms with Crippen LogP contribution in [-0.4, -0.2) is 13.1 Å². The van der Waals surface area contributed by atoms with Gasteiger partial charge in [0.05, 0.1) is 8.07 Å². The molecule has 1 nitrogen and oxygen atoms in total. The summed E-state index contributed by atoms with van der Waals surface area (Å²) in [5, 5.41) is 1.49. The van der Waals surface area contributed by atoms with Gasteiger partial charge in [-0.3, -0.25) is 0 Å². The fourth-order valence-corrected chi connectivity index (χ4v) is 4.32. The Kier molecular flexibility index (Phi) is 5.69. The molecule has 1 radical (unpaired) electrons. The molecule has 3 heteroatoms. The van der Waals surface area contributed by atoms with E-state index in [2.05, 4.69) is 67.1 Å². The maximum atomic E-state index is 4.43. The van der Waals surface area contributed by atoms with Gasteiger partial charge in [-0.15, -0.1) is 35.4 Å². The normalized spacial score (nSPS) is 10.9. The van der Waals surface area contributed by atoms with E-state index < -0.39 is 8.07 Å². The summed E-state index contributed by atoms with van der Waals surface area (Å²) in [6.45, 7) is 7.17. The van der Waals surface area contributed by atoms with Crippen molar-refractivity contribution in [2.24, 2.45) is 0 Å². The van der Waals surface area contributed by atoms with Crippen molar-refractivity contribution in [1.82, 2.24) is 4.98 Å². The standard InChI is InChI=1S/C20H20NSi.Ir/c1-22(2,3)20-13-5-4-11-18(20)16-9-8-10-17(15-16)19-12-6-7-14-21-19;/h4-9,11-15H,1-3H3;/q-1;. The Morgan fingerprint density at radius 2 is 1.65 bits per heavy atom. The first kappa shape index (κ1) is 17.8. The summed E-state index contributed by atoms with van der Waals surface area (Å²) in [4.78, 5) is 4.43. The molecule has 0 atom stereocenters. The molecule has 0 saturated carbocycles. The molecule has 2 aromatic carbocycles. The van der Waals surface area contributed by atoms with E-state index in [-0.39, 0.29) is 20.1 Å². The number of hydrogen-bond acceptors (Lipinski definition) is 1.